The fourth-order valence-electron chi connectivity index (χ4n) is 4.37. The average molecular weight is 401 g/mol. The molecule has 8 heteroatoms. The molecule has 1 saturated carbocycles. The minimum atomic E-state index is -0.753. The van der Waals surface area contributed by atoms with Crippen molar-refractivity contribution in [2.24, 2.45) is 11.1 Å². The number of hydrogen-bond donors (Lipinski definition) is 1. The van der Waals surface area contributed by atoms with Gasteiger partial charge in [0, 0.05) is 26.2 Å². The van der Waals surface area contributed by atoms with Gasteiger partial charge in [-0.1, -0.05) is 23.5 Å². The summed E-state index contributed by atoms with van der Waals surface area (Å²) in [5.41, 5.74) is 5.95. The number of piperidine rings is 1. The van der Waals surface area contributed by atoms with Crippen LogP contribution >= 0.6 is 11.3 Å². The van der Waals surface area contributed by atoms with Crippen molar-refractivity contribution in [1.29, 1.82) is 0 Å². The molecule has 6 nitrogen and oxygen atoms in total. The number of amides is 2. The summed E-state index contributed by atoms with van der Waals surface area (Å²) in [4.78, 5) is 34.3. The van der Waals surface area contributed by atoms with Gasteiger partial charge in [0.05, 0.1) is 10.3 Å². The van der Waals surface area contributed by atoms with Gasteiger partial charge >= 0.3 is 0 Å². The first-order chi connectivity index (χ1) is 13.2. The van der Waals surface area contributed by atoms with Crippen LogP contribution in [0.5, 0.6) is 0 Å². The normalized spacial score (nSPS) is 25.9. The summed E-state index contributed by atoms with van der Waals surface area (Å²) in [6.45, 7) is 4.12. The summed E-state index contributed by atoms with van der Waals surface area (Å²) in [7, 11) is 3.71. The maximum absolute atomic E-state index is 13.5. The molecule has 2 aromatic rings. The second kappa shape index (κ2) is 6.55. The molecule has 1 aromatic carbocycles. The third-order valence-corrected chi connectivity index (χ3v) is 7.20. The highest BCUT2D eigenvalue weighted by atomic mass is 32.1. The standard InChI is InChI=1S/C20H22FN4O2S/c1-11-20(18(22)27)9-8-14(10-20)25(11)17(26)15-16(28-19(23-15)24(2)3)12-4-6-13(21)7-5-12/h4-7,11,14H,1,8-10H2,2-3H3,(H2,22,27)/t11-,14+,20-/m1/s1. The second-order valence-corrected chi connectivity index (χ2v) is 8.70. The number of aromatic nitrogens is 1. The summed E-state index contributed by atoms with van der Waals surface area (Å²) in [5, 5.41) is 0.678. The number of thiazole rings is 1. The Morgan fingerprint density at radius 1 is 1.36 bits per heavy atom. The minimum absolute atomic E-state index is 0.0620. The molecule has 0 unspecified atom stereocenters. The van der Waals surface area contributed by atoms with Gasteiger partial charge in [0.15, 0.2) is 5.13 Å². The molecular formula is C20H22FN4O2S. The largest absolute Gasteiger partial charge is 0.369 e. The van der Waals surface area contributed by atoms with E-state index in [1.165, 1.54) is 23.5 Å². The zero-order chi connectivity index (χ0) is 20.2. The minimum Gasteiger partial charge on any atom is -0.369 e. The monoisotopic (exact) mass is 401 g/mol. The Hall–Kier alpha value is -2.48. The average Bonchev–Trinajstić information content (AvgIpc) is 3.34. The van der Waals surface area contributed by atoms with Crippen molar-refractivity contribution in [3.63, 3.8) is 0 Å². The van der Waals surface area contributed by atoms with E-state index in [4.69, 9.17) is 5.73 Å². The summed E-state index contributed by atoms with van der Waals surface area (Å²) in [6, 6.07) is 5.43. The van der Waals surface area contributed by atoms with Crippen molar-refractivity contribution in [3.05, 3.63) is 42.7 Å². The molecule has 28 heavy (non-hydrogen) atoms. The topological polar surface area (TPSA) is 79.5 Å². The lowest BCUT2D eigenvalue weighted by Gasteiger charge is -2.37. The predicted octanol–water partition coefficient (Wildman–Crippen LogP) is 2.70. The van der Waals surface area contributed by atoms with Crippen molar-refractivity contribution in [3.8, 4) is 10.4 Å². The van der Waals surface area contributed by atoms with Crippen LogP contribution in [-0.2, 0) is 4.79 Å². The van der Waals surface area contributed by atoms with Gasteiger partial charge in [0.1, 0.15) is 11.5 Å². The summed E-state index contributed by atoms with van der Waals surface area (Å²) >= 11 is 1.37. The Labute approximate surface area is 167 Å². The smallest absolute Gasteiger partial charge is 0.274 e. The number of nitrogens with two attached hydrogens (primary N) is 1. The van der Waals surface area contributed by atoms with Crippen LogP contribution < -0.4 is 10.6 Å². The van der Waals surface area contributed by atoms with Crippen LogP contribution in [0, 0.1) is 18.2 Å². The lowest BCUT2D eigenvalue weighted by molar-refractivity contribution is -0.128. The molecular weight excluding hydrogens is 379 g/mol. The lowest BCUT2D eigenvalue weighted by atomic mass is 9.80. The first kappa shape index (κ1) is 18.9. The van der Waals surface area contributed by atoms with Crippen LogP contribution in [0.2, 0.25) is 0 Å². The van der Waals surface area contributed by atoms with Gasteiger partial charge in [-0.2, -0.15) is 0 Å². The number of primary amides is 1. The first-order valence-electron chi connectivity index (χ1n) is 9.14. The predicted molar refractivity (Wildman–Crippen MR) is 106 cm³/mol. The molecule has 3 atom stereocenters. The van der Waals surface area contributed by atoms with Crippen LogP contribution in [0.25, 0.3) is 10.4 Å². The van der Waals surface area contributed by atoms with Gasteiger partial charge in [-0.3, -0.25) is 9.59 Å². The molecule has 2 heterocycles. The molecule has 2 N–H and O–H groups in total. The van der Waals surface area contributed by atoms with Crippen LogP contribution in [0.3, 0.4) is 0 Å². The van der Waals surface area contributed by atoms with E-state index in [1.54, 1.807) is 17.0 Å². The van der Waals surface area contributed by atoms with Crippen LogP contribution in [0.15, 0.2) is 24.3 Å². The number of nitrogens with zero attached hydrogens (tertiary/aromatic N) is 3. The van der Waals surface area contributed by atoms with Gasteiger partial charge in [0.2, 0.25) is 5.91 Å². The molecule has 2 fully saturated rings. The Bertz CT molecular complexity index is 942. The lowest BCUT2D eigenvalue weighted by Crippen LogP contribution is -2.51. The van der Waals surface area contributed by atoms with E-state index in [1.807, 2.05) is 19.0 Å². The quantitative estimate of drug-likeness (QED) is 0.854. The van der Waals surface area contributed by atoms with Crippen LogP contribution in [0.4, 0.5) is 9.52 Å². The van der Waals surface area contributed by atoms with E-state index in [2.05, 4.69) is 11.9 Å². The molecule has 1 radical (unpaired) electrons. The fraction of sp³-hybridized carbons (Fsp3) is 0.400. The highest BCUT2D eigenvalue weighted by Gasteiger charge is 2.60. The molecule has 147 valence electrons. The van der Waals surface area contributed by atoms with Gasteiger partial charge in [-0.15, -0.1) is 0 Å². The molecule has 1 saturated heterocycles. The molecule has 4 rings (SSSR count). The van der Waals surface area contributed by atoms with Gasteiger partial charge in [0.25, 0.3) is 5.91 Å². The van der Waals surface area contributed by atoms with Gasteiger partial charge in [-0.25, -0.2) is 9.37 Å². The Morgan fingerprint density at radius 3 is 2.61 bits per heavy atom. The highest BCUT2D eigenvalue weighted by Crippen LogP contribution is 2.52. The number of carbonyl (C=O) groups is 2. The Kier molecular flexibility index (Phi) is 4.41. The fourth-order valence-corrected chi connectivity index (χ4v) is 5.35. The highest BCUT2D eigenvalue weighted by molar-refractivity contribution is 7.19. The maximum atomic E-state index is 13.5. The first-order valence-corrected chi connectivity index (χ1v) is 9.96. The van der Waals surface area contributed by atoms with Crippen molar-refractivity contribution in [1.82, 2.24) is 9.88 Å². The molecule has 2 aliphatic rings. The third kappa shape index (κ3) is 2.70. The van der Waals surface area contributed by atoms with E-state index in [0.717, 1.165) is 12.0 Å². The molecule has 2 amide bonds. The Balaban J connectivity index is 1.76. The van der Waals surface area contributed by atoms with E-state index in [9.17, 15) is 14.0 Å². The number of rotatable bonds is 4. The van der Waals surface area contributed by atoms with E-state index < -0.39 is 17.4 Å². The van der Waals surface area contributed by atoms with E-state index in [0.29, 0.717) is 28.5 Å². The number of anilines is 1. The zero-order valence-electron chi connectivity index (χ0n) is 15.8. The summed E-state index contributed by atoms with van der Waals surface area (Å²) in [5.74, 6) is -0.986. The molecule has 0 spiro atoms. The number of hydrogen-bond acceptors (Lipinski definition) is 5. The second-order valence-electron chi connectivity index (χ2n) is 7.72. The number of likely N-dealkylation sites (tertiary alicyclic amines) is 1. The van der Waals surface area contributed by atoms with Crippen molar-refractivity contribution >= 4 is 28.3 Å². The van der Waals surface area contributed by atoms with E-state index in [-0.39, 0.29) is 17.8 Å². The SMILES string of the molecule is [CH2][C@H]1N(C(=O)c2nc(N(C)C)sc2-c2ccc(F)cc2)[C@H]2CC[C@@]1(C(N)=O)C2. The number of carbonyl (C=O) groups excluding carboxylic acids is 2. The van der Waals surface area contributed by atoms with Crippen molar-refractivity contribution < 1.29 is 14.0 Å². The van der Waals surface area contributed by atoms with Crippen molar-refractivity contribution in [2.45, 2.75) is 31.3 Å². The number of halogens is 1. The van der Waals surface area contributed by atoms with Gasteiger partial charge in [-0.05, 0) is 43.9 Å². The third-order valence-electron chi connectivity index (χ3n) is 5.92. The van der Waals surface area contributed by atoms with Crippen LogP contribution in [0.1, 0.15) is 29.8 Å². The van der Waals surface area contributed by atoms with Crippen molar-refractivity contribution in [2.75, 3.05) is 19.0 Å². The van der Waals surface area contributed by atoms with Gasteiger partial charge < -0.3 is 15.5 Å². The number of fused-ring (bicyclic) bond motifs is 2. The Morgan fingerprint density at radius 2 is 2.04 bits per heavy atom. The number of benzene rings is 1. The molecule has 1 aromatic heterocycles. The summed E-state index contributed by atoms with van der Waals surface area (Å²) < 4.78 is 13.4. The molecule has 1 aliphatic carbocycles. The zero-order valence-corrected chi connectivity index (χ0v) is 16.6. The molecule has 1 aliphatic heterocycles. The van der Waals surface area contributed by atoms with E-state index >= 15 is 0 Å². The summed E-state index contributed by atoms with van der Waals surface area (Å²) in [6.07, 6.45) is 1.95. The van der Waals surface area contributed by atoms with Crippen LogP contribution in [-0.4, -0.2) is 47.9 Å². The molecule has 2 bridgehead atoms. The maximum Gasteiger partial charge on any atom is 0.274 e.